The van der Waals surface area contributed by atoms with Crippen LogP contribution in [0.1, 0.15) is 20.8 Å². The summed E-state index contributed by atoms with van der Waals surface area (Å²) in [5.41, 5.74) is 0. The molecule has 0 aromatic rings. The van der Waals surface area contributed by atoms with Crippen LogP contribution in [0.2, 0.25) is 18.6 Å². The van der Waals surface area contributed by atoms with E-state index in [2.05, 4.69) is 23.2 Å². The highest BCUT2D eigenvalue weighted by molar-refractivity contribution is 6.37. The smallest absolute Gasteiger partial charge is 0.161 e. The summed E-state index contributed by atoms with van der Waals surface area (Å²) < 4.78 is 5.30. The van der Waals surface area contributed by atoms with Crippen LogP contribution >= 0.6 is 0 Å². The molecule has 0 rings (SSSR count). The van der Waals surface area contributed by atoms with Gasteiger partial charge in [0.15, 0.2) is 9.76 Å². The fourth-order valence-corrected chi connectivity index (χ4v) is 4.07. The second-order valence-corrected chi connectivity index (χ2v) is 5.95. The van der Waals surface area contributed by atoms with Crippen LogP contribution in [0.5, 0.6) is 0 Å². The van der Waals surface area contributed by atoms with E-state index in [0.717, 1.165) is 6.61 Å². The predicted molar refractivity (Wildman–Crippen MR) is 67.4 cm³/mol. The normalized spacial score (nSPS) is 11.1. The average Bonchev–Trinajstić information content (AvgIpc) is 2.22. The van der Waals surface area contributed by atoms with Crippen molar-refractivity contribution in [1.29, 1.82) is 0 Å². The van der Waals surface area contributed by atoms with Gasteiger partial charge in [-0.1, -0.05) is 12.6 Å². The van der Waals surface area contributed by atoms with E-state index in [4.69, 9.17) is 4.43 Å². The van der Waals surface area contributed by atoms with Gasteiger partial charge < -0.3 is 4.43 Å². The maximum Gasteiger partial charge on any atom is 0.161 e. The van der Waals surface area contributed by atoms with Gasteiger partial charge >= 0.3 is 0 Å². The standard InChI is InChI=1S/C5H16OSi2.C4H10O2/c1-3-6-8-5-4-7-2;1-3-5-6-4-2/h3-5,7-8H2,1-2H3;3-4H2,1-2H3. The Morgan fingerprint density at radius 3 is 1.79 bits per heavy atom. The molecule has 0 saturated heterocycles. The molecule has 0 aliphatic heterocycles. The molecule has 0 radical (unpaired) electrons. The molecule has 0 aromatic carbocycles. The van der Waals surface area contributed by atoms with E-state index < -0.39 is 0 Å². The maximum absolute atomic E-state index is 5.30. The molecule has 0 atom stereocenters. The lowest BCUT2D eigenvalue weighted by molar-refractivity contribution is -0.287. The fourth-order valence-electron chi connectivity index (χ4n) is 0.765. The molecule has 0 aliphatic carbocycles. The highest BCUT2D eigenvalue weighted by Gasteiger charge is 1.84. The third-order valence-corrected chi connectivity index (χ3v) is 5.11. The molecule has 0 aromatic heterocycles. The van der Waals surface area contributed by atoms with Crippen molar-refractivity contribution in [3.05, 3.63) is 0 Å². The lowest BCUT2D eigenvalue weighted by Crippen LogP contribution is -1.97. The van der Waals surface area contributed by atoms with Crippen molar-refractivity contribution < 1.29 is 14.2 Å². The lowest BCUT2D eigenvalue weighted by atomic mass is 10.9. The van der Waals surface area contributed by atoms with E-state index in [1.54, 1.807) is 0 Å². The summed E-state index contributed by atoms with van der Waals surface area (Å²) in [7, 11) is 0.276. The molecule has 0 unspecified atom stereocenters. The maximum atomic E-state index is 5.30. The zero-order valence-corrected chi connectivity index (χ0v) is 13.0. The summed E-state index contributed by atoms with van der Waals surface area (Å²) in [4.78, 5) is 8.97. The van der Waals surface area contributed by atoms with Gasteiger partial charge in [0.25, 0.3) is 0 Å². The molecule has 0 bridgehead atoms. The zero-order chi connectivity index (χ0) is 11.1. The summed E-state index contributed by atoms with van der Waals surface area (Å²) in [5, 5.41) is 0. The number of hydrogen-bond donors (Lipinski definition) is 0. The van der Waals surface area contributed by atoms with Crippen LogP contribution in [0.3, 0.4) is 0 Å². The molecule has 88 valence electrons. The van der Waals surface area contributed by atoms with E-state index in [1.165, 1.54) is 12.1 Å². The van der Waals surface area contributed by atoms with Crippen LogP contribution in [0.4, 0.5) is 0 Å². The van der Waals surface area contributed by atoms with Gasteiger partial charge in [-0.25, -0.2) is 9.78 Å². The molecule has 14 heavy (non-hydrogen) atoms. The van der Waals surface area contributed by atoms with E-state index in [-0.39, 0.29) is 9.76 Å². The molecule has 0 aliphatic rings. The fraction of sp³-hybridized carbons (Fsp3) is 1.00. The van der Waals surface area contributed by atoms with Crippen molar-refractivity contribution in [2.24, 2.45) is 0 Å². The quantitative estimate of drug-likeness (QED) is 0.275. The van der Waals surface area contributed by atoms with Crippen LogP contribution in [-0.2, 0) is 14.2 Å². The Hall–Kier alpha value is 0.314. The Balaban J connectivity index is 0. The largest absolute Gasteiger partial charge is 0.424 e. The first-order valence-corrected chi connectivity index (χ1v) is 9.64. The Bertz CT molecular complexity index is 74.5. The lowest BCUT2D eigenvalue weighted by Gasteiger charge is -1.95. The summed E-state index contributed by atoms with van der Waals surface area (Å²) in [6.07, 6.45) is 0. The van der Waals surface area contributed by atoms with Crippen molar-refractivity contribution >= 4 is 19.3 Å². The minimum atomic E-state index is -0.0650. The zero-order valence-electron chi connectivity index (χ0n) is 10.2. The first kappa shape index (κ1) is 16.7. The third-order valence-electron chi connectivity index (χ3n) is 1.42. The monoisotopic (exact) mass is 238 g/mol. The summed E-state index contributed by atoms with van der Waals surface area (Å²) in [5.74, 6) is 0. The van der Waals surface area contributed by atoms with E-state index in [9.17, 15) is 0 Å². The molecule has 0 saturated carbocycles. The van der Waals surface area contributed by atoms with Gasteiger partial charge in [-0.3, -0.25) is 0 Å². The number of hydrogen-bond acceptors (Lipinski definition) is 3. The van der Waals surface area contributed by atoms with Crippen molar-refractivity contribution in [3.8, 4) is 0 Å². The first-order chi connectivity index (χ1) is 6.83. The van der Waals surface area contributed by atoms with Crippen LogP contribution in [0.15, 0.2) is 0 Å². The van der Waals surface area contributed by atoms with Crippen LogP contribution in [0.25, 0.3) is 0 Å². The molecular formula is C9H26O3Si2. The molecule has 0 N–H and O–H groups in total. The molecule has 0 heterocycles. The second-order valence-electron chi connectivity index (χ2n) is 2.72. The minimum absolute atomic E-state index is 0.0650. The summed E-state index contributed by atoms with van der Waals surface area (Å²) in [6.45, 7) is 10.4. The molecular weight excluding hydrogens is 212 g/mol. The molecule has 0 spiro atoms. The van der Waals surface area contributed by atoms with Gasteiger partial charge in [0, 0.05) is 16.1 Å². The van der Waals surface area contributed by atoms with Gasteiger partial charge in [0.2, 0.25) is 0 Å². The van der Waals surface area contributed by atoms with Gasteiger partial charge in [0.1, 0.15) is 0 Å². The Kier molecular flexibility index (Phi) is 22.7. The van der Waals surface area contributed by atoms with Gasteiger partial charge in [0.05, 0.1) is 13.2 Å². The van der Waals surface area contributed by atoms with Gasteiger partial charge in [-0.15, -0.1) is 0 Å². The van der Waals surface area contributed by atoms with Crippen molar-refractivity contribution in [2.75, 3.05) is 19.8 Å². The summed E-state index contributed by atoms with van der Waals surface area (Å²) in [6, 6.07) is 2.93. The Labute approximate surface area is 93.2 Å². The van der Waals surface area contributed by atoms with Crippen molar-refractivity contribution in [3.63, 3.8) is 0 Å². The molecule has 0 amide bonds. The van der Waals surface area contributed by atoms with Crippen molar-refractivity contribution in [1.82, 2.24) is 0 Å². The third kappa shape index (κ3) is 22.8. The van der Waals surface area contributed by atoms with E-state index in [0.29, 0.717) is 22.7 Å². The molecule has 3 nitrogen and oxygen atoms in total. The van der Waals surface area contributed by atoms with E-state index >= 15 is 0 Å². The average molecular weight is 238 g/mol. The van der Waals surface area contributed by atoms with Crippen LogP contribution in [-0.4, -0.2) is 39.1 Å². The SMILES string of the molecule is CCOOCC.CCO[SiH2]CC[SiH2]C. The molecule has 0 fully saturated rings. The Morgan fingerprint density at radius 1 is 0.857 bits per heavy atom. The van der Waals surface area contributed by atoms with Gasteiger partial charge in [-0.05, 0) is 26.8 Å². The molecule has 5 heteroatoms. The highest BCUT2D eigenvalue weighted by atomic mass is 28.2. The second kappa shape index (κ2) is 19.0. The van der Waals surface area contributed by atoms with Crippen LogP contribution < -0.4 is 0 Å². The number of rotatable bonds is 8. The van der Waals surface area contributed by atoms with E-state index in [1.807, 2.05) is 13.8 Å². The summed E-state index contributed by atoms with van der Waals surface area (Å²) >= 11 is 0. The topological polar surface area (TPSA) is 27.7 Å². The first-order valence-electron chi connectivity index (χ1n) is 5.65. The Morgan fingerprint density at radius 2 is 1.43 bits per heavy atom. The van der Waals surface area contributed by atoms with Gasteiger partial charge in [-0.2, -0.15) is 0 Å². The minimum Gasteiger partial charge on any atom is -0.424 e. The highest BCUT2D eigenvalue weighted by Crippen LogP contribution is 1.87. The van der Waals surface area contributed by atoms with Crippen molar-refractivity contribution in [2.45, 2.75) is 39.4 Å². The van der Waals surface area contributed by atoms with Crippen LogP contribution in [0, 0.1) is 0 Å². The predicted octanol–water partition coefficient (Wildman–Crippen LogP) is 1.13.